The highest BCUT2D eigenvalue weighted by molar-refractivity contribution is 6.01. The predicted octanol–water partition coefficient (Wildman–Crippen LogP) is 1.95. The molecule has 0 spiro atoms. The fourth-order valence-corrected chi connectivity index (χ4v) is 1.52. The van der Waals surface area contributed by atoms with E-state index >= 15 is 0 Å². The Kier molecular flexibility index (Phi) is 1.98. The maximum atomic E-state index is 12.8. The van der Waals surface area contributed by atoms with Crippen molar-refractivity contribution in [1.29, 1.82) is 0 Å². The van der Waals surface area contributed by atoms with Gasteiger partial charge in [-0.05, 0) is 12.1 Å². The van der Waals surface area contributed by atoms with Crippen LogP contribution in [0.2, 0.25) is 0 Å². The van der Waals surface area contributed by atoms with Crippen molar-refractivity contribution in [2.45, 2.75) is 6.92 Å². The Morgan fingerprint density at radius 2 is 1.86 bits per heavy atom. The van der Waals surface area contributed by atoms with Crippen LogP contribution in [-0.2, 0) is 4.79 Å². The van der Waals surface area contributed by atoms with Crippen LogP contribution in [0.5, 0.6) is 0 Å². The van der Waals surface area contributed by atoms with E-state index in [1.54, 1.807) is 6.92 Å². The zero-order valence-electron chi connectivity index (χ0n) is 7.63. The van der Waals surface area contributed by atoms with E-state index in [0.717, 1.165) is 18.2 Å². The third-order valence-electron chi connectivity index (χ3n) is 2.30. The molecule has 1 fully saturated rings. The third kappa shape index (κ3) is 1.36. The van der Waals surface area contributed by atoms with Crippen molar-refractivity contribution in [1.82, 2.24) is 0 Å². The first kappa shape index (κ1) is 9.12. The molecule has 1 aromatic rings. The number of β-lactam (4-membered cyclic amide) rings is 1. The second-order valence-electron chi connectivity index (χ2n) is 3.48. The number of halogens is 2. The second kappa shape index (κ2) is 3.04. The summed E-state index contributed by atoms with van der Waals surface area (Å²) in [6.07, 6.45) is 0. The number of rotatable bonds is 1. The molecule has 1 aliphatic rings. The van der Waals surface area contributed by atoms with E-state index in [0.29, 0.717) is 12.2 Å². The van der Waals surface area contributed by atoms with Gasteiger partial charge in [0.05, 0.1) is 5.92 Å². The van der Waals surface area contributed by atoms with Crippen molar-refractivity contribution in [3.8, 4) is 0 Å². The molecular weight excluding hydrogens is 188 g/mol. The highest BCUT2D eigenvalue weighted by Gasteiger charge is 2.34. The van der Waals surface area contributed by atoms with Gasteiger partial charge in [0.25, 0.3) is 0 Å². The Bertz CT molecular complexity index is 371. The Labute approximate surface area is 80.1 Å². The average molecular weight is 197 g/mol. The Hall–Kier alpha value is -1.45. The molecule has 1 aromatic carbocycles. The summed E-state index contributed by atoms with van der Waals surface area (Å²) in [5, 5.41) is 0. The second-order valence-corrected chi connectivity index (χ2v) is 3.48. The molecule has 1 aliphatic heterocycles. The van der Waals surface area contributed by atoms with Crippen molar-refractivity contribution in [3.05, 3.63) is 29.8 Å². The molecule has 0 saturated carbocycles. The summed E-state index contributed by atoms with van der Waals surface area (Å²) >= 11 is 0. The quantitative estimate of drug-likeness (QED) is 0.630. The van der Waals surface area contributed by atoms with Crippen LogP contribution < -0.4 is 4.90 Å². The zero-order chi connectivity index (χ0) is 10.3. The van der Waals surface area contributed by atoms with E-state index in [9.17, 15) is 13.6 Å². The van der Waals surface area contributed by atoms with Crippen molar-refractivity contribution in [3.63, 3.8) is 0 Å². The van der Waals surface area contributed by atoms with Crippen molar-refractivity contribution in [2.24, 2.45) is 5.92 Å². The topological polar surface area (TPSA) is 20.3 Å². The van der Waals surface area contributed by atoms with Gasteiger partial charge in [0, 0.05) is 18.3 Å². The molecule has 1 saturated heterocycles. The minimum Gasteiger partial charge on any atom is -0.311 e. The molecule has 2 rings (SSSR count). The van der Waals surface area contributed by atoms with Crippen LogP contribution in [0.3, 0.4) is 0 Å². The van der Waals surface area contributed by atoms with E-state index in [1.807, 2.05) is 0 Å². The summed E-state index contributed by atoms with van der Waals surface area (Å²) in [5.41, 5.74) is 0.297. The third-order valence-corrected chi connectivity index (χ3v) is 2.30. The van der Waals surface area contributed by atoms with Crippen LogP contribution in [0, 0.1) is 17.6 Å². The number of carbonyl (C=O) groups excluding carboxylic acids is 1. The Balaban J connectivity index is 2.29. The first-order valence-electron chi connectivity index (χ1n) is 4.35. The molecule has 1 unspecified atom stereocenters. The van der Waals surface area contributed by atoms with Crippen molar-refractivity contribution < 1.29 is 13.6 Å². The standard InChI is InChI=1S/C10H9F2NO/c1-6-5-13(10(6)14)9-3-7(11)2-8(12)4-9/h2-4,6H,5H2,1H3. The van der Waals surface area contributed by atoms with E-state index in [2.05, 4.69) is 0 Å². The number of benzene rings is 1. The molecule has 14 heavy (non-hydrogen) atoms. The van der Waals surface area contributed by atoms with Crippen LogP contribution >= 0.6 is 0 Å². The summed E-state index contributed by atoms with van der Waals surface area (Å²) in [7, 11) is 0. The van der Waals surface area contributed by atoms with E-state index in [4.69, 9.17) is 0 Å². The van der Waals surface area contributed by atoms with Gasteiger partial charge < -0.3 is 4.90 Å². The van der Waals surface area contributed by atoms with Crippen LogP contribution in [-0.4, -0.2) is 12.5 Å². The maximum Gasteiger partial charge on any atom is 0.231 e. The van der Waals surface area contributed by atoms with Gasteiger partial charge in [-0.2, -0.15) is 0 Å². The van der Waals surface area contributed by atoms with Gasteiger partial charge in [-0.1, -0.05) is 6.92 Å². The maximum absolute atomic E-state index is 12.8. The molecular formula is C10H9F2NO. The van der Waals surface area contributed by atoms with Crippen LogP contribution in [0.25, 0.3) is 0 Å². The van der Waals surface area contributed by atoms with Gasteiger partial charge >= 0.3 is 0 Å². The van der Waals surface area contributed by atoms with E-state index in [-0.39, 0.29) is 11.8 Å². The predicted molar refractivity (Wildman–Crippen MR) is 47.9 cm³/mol. The fraction of sp³-hybridized carbons (Fsp3) is 0.300. The zero-order valence-corrected chi connectivity index (χ0v) is 7.63. The summed E-state index contributed by atoms with van der Waals surface area (Å²) in [6, 6.07) is 3.11. The van der Waals surface area contributed by atoms with E-state index in [1.165, 1.54) is 4.90 Å². The lowest BCUT2D eigenvalue weighted by molar-refractivity contribution is -0.126. The molecule has 1 heterocycles. The molecule has 1 amide bonds. The van der Waals surface area contributed by atoms with Gasteiger partial charge in [-0.15, -0.1) is 0 Å². The molecule has 0 aromatic heterocycles. The van der Waals surface area contributed by atoms with Gasteiger partial charge in [-0.3, -0.25) is 4.79 Å². The number of hydrogen-bond donors (Lipinski definition) is 0. The molecule has 2 nitrogen and oxygen atoms in total. The van der Waals surface area contributed by atoms with Gasteiger partial charge in [0.1, 0.15) is 11.6 Å². The number of carbonyl (C=O) groups is 1. The summed E-state index contributed by atoms with van der Waals surface area (Å²) in [4.78, 5) is 12.6. The number of amides is 1. The molecule has 0 aliphatic carbocycles. The lowest BCUT2D eigenvalue weighted by atomic mass is 10.0. The SMILES string of the molecule is CC1CN(c2cc(F)cc(F)c2)C1=O. The van der Waals surface area contributed by atoms with Gasteiger partial charge in [0.2, 0.25) is 5.91 Å². The highest BCUT2D eigenvalue weighted by Crippen LogP contribution is 2.26. The number of hydrogen-bond acceptors (Lipinski definition) is 1. The first-order chi connectivity index (χ1) is 6.58. The summed E-state index contributed by atoms with van der Waals surface area (Å²) in [6.45, 7) is 2.32. The number of nitrogens with zero attached hydrogens (tertiary/aromatic N) is 1. The molecule has 4 heteroatoms. The molecule has 74 valence electrons. The van der Waals surface area contributed by atoms with Gasteiger partial charge in [-0.25, -0.2) is 8.78 Å². The largest absolute Gasteiger partial charge is 0.311 e. The highest BCUT2D eigenvalue weighted by atomic mass is 19.1. The first-order valence-corrected chi connectivity index (χ1v) is 4.35. The monoisotopic (exact) mass is 197 g/mol. The summed E-state index contributed by atoms with van der Waals surface area (Å²) < 4.78 is 25.6. The minimum absolute atomic E-state index is 0.0404. The minimum atomic E-state index is -0.660. The van der Waals surface area contributed by atoms with E-state index < -0.39 is 11.6 Å². The van der Waals surface area contributed by atoms with Crippen molar-refractivity contribution >= 4 is 11.6 Å². The normalized spacial score (nSPS) is 20.9. The van der Waals surface area contributed by atoms with Crippen LogP contribution in [0.15, 0.2) is 18.2 Å². The van der Waals surface area contributed by atoms with Gasteiger partial charge in [0.15, 0.2) is 0 Å². The Morgan fingerprint density at radius 1 is 1.29 bits per heavy atom. The molecule has 1 atom stereocenters. The molecule has 0 bridgehead atoms. The smallest absolute Gasteiger partial charge is 0.231 e. The lowest BCUT2D eigenvalue weighted by Crippen LogP contribution is -2.51. The number of anilines is 1. The fourth-order valence-electron chi connectivity index (χ4n) is 1.52. The lowest BCUT2D eigenvalue weighted by Gasteiger charge is -2.36. The van der Waals surface area contributed by atoms with Crippen molar-refractivity contribution in [2.75, 3.05) is 11.4 Å². The Morgan fingerprint density at radius 3 is 2.29 bits per heavy atom. The van der Waals surface area contributed by atoms with Crippen LogP contribution in [0.1, 0.15) is 6.92 Å². The average Bonchev–Trinajstić information content (AvgIpc) is 2.11. The summed E-state index contributed by atoms with van der Waals surface area (Å²) in [5.74, 6) is -1.45. The molecule has 0 radical (unpaired) electrons. The van der Waals surface area contributed by atoms with Crippen LogP contribution in [0.4, 0.5) is 14.5 Å². The molecule has 0 N–H and O–H groups in total.